The molecule has 0 bridgehead atoms. The van der Waals surface area contributed by atoms with Crippen LogP contribution in [0.2, 0.25) is 5.02 Å². The van der Waals surface area contributed by atoms with Crippen LogP contribution in [0.5, 0.6) is 0 Å². The average molecular weight is 293 g/mol. The molecule has 0 saturated heterocycles. The third-order valence-electron chi connectivity index (χ3n) is 2.69. The number of ketones is 1. The third-order valence-corrected chi connectivity index (χ3v) is 3.68. The Balaban J connectivity index is 2.17. The van der Waals surface area contributed by atoms with E-state index in [1.807, 2.05) is 12.1 Å². The van der Waals surface area contributed by atoms with Gasteiger partial charge in [0.15, 0.2) is 5.78 Å². The Kier molecular flexibility index (Phi) is 4.64. The van der Waals surface area contributed by atoms with Gasteiger partial charge in [-0.3, -0.25) is 4.79 Å². The fourth-order valence-electron chi connectivity index (χ4n) is 1.75. The van der Waals surface area contributed by atoms with Crippen molar-refractivity contribution < 1.29 is 9.35 Å². The van der Waals surface area contributed by atoms with Crippen LogP contribution in [-0.2, 0) is 16.9 Å². The molecule has 0 saturated carbocycles. The zero-order chi connectivity index (χ0) is 13.8. The molecule has 19 heavy (non-hydrogen) atoms. The molecule has 0 aliphatic heterocycles. The van der Waals surface area contributed by atoms with Crippen LogP contribution >= 0.6 is 11.6 Å². The summed E-state index contributed by atoms with van der Waals surface area (Å²) in [6.07, 6.45) is 1.66. The fraction of sp³-hybridized carbons (Fsp3) is 0.133. The summed E-state index contributed by atoms with van der Waals surface area (Å²) in [6.45, 7) is 0. The van der Waals surface area contributed by atoms with Gasteiger partial charge in [-0.15, -0.1) is 0 Å². The van der Waals surface area contributed by atoms with Gasteiger partial charge in [0, 0.05) is 21.7 Å². The van der Waals surface area contributed by atoms with Gasteiger partial charge in [-0.25, -0.2) is 0 Å². The molecule has 2 aromatic rings. The van der Waals surface area contributed by atoms with E-state index in [2.05, 4.69) is 0 Å². The van der Waals surface area contributed by atoms with Crippen LogP contribution in [0.4, 0.5) is 0 Å². The number of rotatable bonds is 4. The lowest BCUT2D eigenvalue weighted by molar-refractivity contribution is 0.103. The van der Waals surface area contributed by atoms with Gasteiger partial charge in [-0.2, -0.15) is 0 Å². The minimum Gasteiger partial charge on any atom is -0.616 e. The van der Waals surface area contributed by atoms with E-state index in [9.17, 15) is 9.35 Å². The van der Waals surface area contributed by atoms with Gasteiger partial charge >= 0.3 is 0 Å². The van der Waals surface area contributed by atoms with Gasteiger partial charge in [-0.05, 0) is 24.3 Å². The van der Waals surface area contributed by atoms with Crippen LogP contribution in [-0.4, -0.2) is 16.6 Å². The number of hydrogen-bond donors (Lipinski definition) is 0. The summed E-state index contributed by atoms with van der Waals surface area (Å²) in [5.41, 5.74) is 2.19. The molecule has 0 aliphatic carbocycles. The van der Waals surface area contributed by atoms with E-state index >= 15 is 0 Å². The molecule has 1 atom stereocenters. The quantitative estimate of drug-likeness (QED) is 0.640. The van der Waals surface area contributed by atoms with Gasteiger partial charge in [0.25, 0.3) is 0 Å². The summed E-state index contributed by atoms with van der Waals surface area (Å²) in [5.74, 6) is 0.468. The smallest absolute Gasteiger partial charge is 0.193 e. The van der Waals surface area contributed by atoms with Crippen LogP contribution < -0.4 is 0 Å². The molecule has 98 valence electrons. The molecule has 1 unspecified atom stereocenters. The molecule has 4 heteroatoms. The molecular weight excluding hydrogens is 280 g/mol. The topological polar surface area (TPSA) is 40.1 Å². The first-order chi connectivity index (χ1) is 9.06. The first-order valence-corrected chi connectivity index (χ1v) is 7.86. The molecule has 2 rings (SSSR count). The normalized spacial score (nSPS) is 12.2. The van der Waals surface area contributed by atoms with Crippen molar-refractivity contribution in [3.8, 4) is 0 Å². The standard InChI is InChI=1S/C15H13ClO2S/c1-19(18)10-11-2-4-12(5-3-11)15(17)13-6-8-14(16)9-7-13/h2-9H,10H2,1H3. The molecule has 0 aromatic heterocycles. The summed E-state index contributed by atoms with van der Waals surface area (Å²) >= 11 is 4.92. The molecule has 0 aliphatic rings. The van der Waals surface area contributed by atoms with Crippen molar-refractivity contribution >= 4 is 28.6 Å². The lowest BCUT2D eigenvalue weighted by atomic mass is 10.0. The van der Waals surface area contributed by atoms with Crippen LogP contribution in [0.25, 0.3) is 0 Å². The number of hydrogen-bond acceptors (Lipinski definition) is 2. The van der Waals surface area contributed by atoms with E-state index in [0.717, 1.165) is 5.56 Å². The fourth-order valence-corrected chi connectivity index (χ4v) is 2.54. The van der Waals surface area contributed by atoms with E-state index < -0.39 is 11.2 Å². The number of carbonyl (C=O) groups excluding carboxylic acids is 1. The van der Waals surface area contributed by atoms with Gasteiger partial charge in [0.2, 0.25) is 0 Å². The van der Waals surface area contributed by atoms with Crippen molar-refractivity contribution in [3.05, 3.63) is 70.2 Å². The molecule has 0 heterocycles. The third kappa shape index (κ3) is 3.83. The van der Waals surface area contributed by atoms with E-state index in [1.54, 1.807) is 42.7 Å². The average Bonchev–Trinajstić information content (AvgIpc) is 2.39. The lowest BCUT2D eigenvalue weighted by Crippen LogP contribution is -2.03. The van der Waals surface area contributed by atoms with Crippen molar-refractivity contribution in [2.75, 3.05) is 6.26 Å². The van der Waals surface area contributed by atoms with Crippen molar-refractivity contribution in [2.45, 2.75) is 5.75 Å². The maximum atomic E-state index is 12.2. The highest BCUT2D eigenvalue weighted by Crippen LogP contribution is 2.15. The van der Waals surface area contributed by atoms with Crippen LogP contribution in [0.3, 0.4) is 0 Å². The first-order valence-electron chi connectivity index (χ1n) is 5.75. The van der Waals surface area contributed by atoms with E-state index in [4.69, 9.17) is 11.6 Å². The maximum Gasteiger partial charge on any atom is 0.193 e. The highest BCUT2D eigenvalue weighted by molar-refractivity contribution is 7.89. The molecular formula is C15H13ClO2S. The minimum atomic E-state index is -0.872. The highest BCUT2D eigenvalue weighted by atomic mass is 35.5. The van der Waals surface area contributed by atoms with Crippen molar-refractivity contribution in [2.24, 2.45) is 0 Å². The van der Waals surface area contributed by atoms with E-state index in [1.165, 1.54) is 0 Å². The predicted molar refractivity (Wildman–Crippen MR) is 79.1 cm³/mol. The first kappa shape index (κ1) is 14.1. The maximum absolute atomic E-state index is 12.2. The lowest BCUT2D eigenvalue weighted by Gasteiger charge is -2.06. The Bertz CT molecular complexity index is 562. The predicted octanol–water partition coefficient (Wildman–Crippen LogP) is 3.45. The second-order valence-corrected chi connectivity index (χ2v) is 6.12. The summed E-state index contributed by atoms with van der Waals surface area (Å²) in [6, 6.07) is 14.0. The Morgan fingerprint density at radius 1 is 1.05 bits per heavy atom. The highest BCUT2D eigenvalue weighted by Gasteiger charge is 2.09. The van der Waals surface area contributed by atoms with E-state index in [-0.39, 0.29) is 5.78 Å². The summed E-state index contributed by atoms with van der Waals surface area (Å²) < 4.78 is 11.1. The molecule has 0 amide bonds. The number of carbonyl (C=O) groups is 1. The Labute approximate surface area is 120 Å². The van der Waals surface area contributed by atoms with Crippen molar-refractivity contribution in [1.82, 2.24) is 0 Å². The zero-order valence-electron chi connectivity index (χ0n) is 10.4. The van der Waals surface area contributed by atoms with Gasteiger partial charge in [0.05, 0.1) is 6.26 Å². The monoisotopic (exact) mass is 292 g/mol. The second-order valence-electron chi connectivity index (χ2n) is 4.25. The molecule has 2 nitrogen and oxygen atoms in total. The molecule has 2 aromatic carbocycles. The minimum absolute atomic E-state index is 0.0409. The van der Waals surface area contributed by atoms with Crippen molar-refractivity contribution in [1.29, 1.82) is 0 Å². The van der Waals surface area contributed by atoms with Crippen molar-refractivity contribution in [3.63, 3.8) is 0 Å². The summed E-state index contributed by atoms with van der Waals surface area (Å²) in [4.78, 5) is 12.2. The largest absolute Gasteiger partial charge is 0.616 e. The van der Waals surface area contributed by atoms with Gasteiger partial charge in [0.1, 0.15) is 5.75 Å². The molecule has 0 N–H and O–H groups in total. The van der Waals surface area contributed by atoms with Crippen LogP contribution in [0.15, 0.2) is 48.5 Å². The summed E-state index contributed by atoms with van der Waals surface area (Å²) in [5, 5.41) is 0.609. The molecule has 0 fully saturated rings. The zero-order valence-corrected chi connectivity index (χ0v) is 12.0. The van der Waals surface area contributed by atoms with Crippen LogP contribution in [0, 0.1) is 0 Å². The number of halogens is 1. The van der Waals surface area contributed by atoms with Crippen LogP contribution in [0.1, 0.15) is 21.5 Å². The van der Waals surface area contributed by atoms with Gasteiger partial charge < -0.3 is 4.55 Å². The molecule has 0 radical (unpaired) electrons. The second kappa shape index (κ2) is 6.24. The summed E-state index contributed by atoms with van der Waals surface area (Å²) in [7, 11) is 0. The Morgan fingerprint density at radius 3 is 2.00 bits per heavy atom. The SMILES string of the molecule is C[S+]([O-])Cc1ccc(C(=O)c2ccc(Cl)cc2)cc1. The Hall–Kier alpha value is -1.29. The van der Waals surface area contributed by atoms with Gasteiger partial charge in [-0.1, -0.05) is 47.0 Å². The van der Waals surface area contributed by atoms with E-state index in [0.29, 0.717) is 21.9 Å². The molecule has 0 spiro atoms. The Morgan fingerprint density at radius 2 is 1.53 bits per heavy atom. The number of benzene rings is 2.